The smallest absolute Gasteiger partial charge is 0.288 e. The van der Waals surface area contributed by atoms with Crippen LogP contribution in [0.5, 0.6) is 0 Å². The number of hydrogen-bond acceptors (Lipinski definition) is 2. The molecule has 2 rings (SSSR count). The summed E-state index contributed by atoms with van der Waals surface area (Å²) in [6, 6.07) is 13.2. The summed E-state index contributed by atoms with van der Waals surface area (Å²) in [6.45, 7) is 5.35. The number of nitrogens with zero attached hydrogens (tertiary/aromatic N) is 2. The monoisotopic (exact) mass is 513 g/mol. The highest BCUT2D eigenvalue weighted by molar-refractivity contribution is 6.28. The number of amides is 2. The highest BCUT2D eigenvalue weighted by Crippen LogP contribution is 2.23. The molecule has 150 valence electrons. The number of carbonyl (C=O) groups excluding carboxylic acids is 2. The zero-order valence-corrected chi connectivity index (χ0v) is 19.2. The minimum atomic E-state index is -0.199. The number of hydrogen-bond donors (Lipinski definition) is 1. The van der Waals surface area contributed by atoms with Gasteiger partial charge >= 0.3 is 0 Å². The van der Waals surface area contributed by atoms with Crippen LogP contribution in [0.4, 0.5) is 0 Å². The lowest BCUT2D eigenvalue weighted by Crippen LogP contribution is -3.00. The highest BCUT2D eigenvalue weighted by atomic mass is 127. The molecule has 28 heavy (non-hydrogen) atoms. The van der Waals surface area contributed by atoms with Gasteiger partial charge in [-0.2, -0.15) is 4.57 Å². The van der Waals surface area contributed by atoms with E-state index in [4.69, 9.17) is 11.6 Å². The topological polar surface area (TPSA) is 53.3 Å². The Morgan fingerprint density at radius 1 is 1.07 bits per heavy atom. The Morgan fingerprint density at radius 3 is 2.29 bits per heavy atom. The first-order valence-corrected chi connectivity index (χ1v) is 9.33. The molecule has 0 radical (unpaired) electrons. The molecule has 0 unspecified atom stereocenters. The van der Waals surface area contributed by atoms with Crippen LogP contribution in [-0.2, 0) is 16.1 Å². The van der Waals surface area contributed by atoms with E-state index in [0.717, 1.165) is 16.7 Å². The van der Waals surface area contributed by atoms with E-state index in [0.29, 0.717) is 18.2 Å². The molecule has 1 heterocycles. The van der Waals surface area contributed by atoms with Crippen LogP contribution in [0, 0.1) is 0 Å². The predicted octanol–water partition coefficient (Wildman–Crippen LogP) is -0.322. The normalized spacial score (nSPS) is 10.8. The number of carbonyl (C=O) groups is 2. The Labute approximate surface area is 188 Å². The van der Waals surface area contributed by atoms with Crippen LogP contribution in [0.3, 0.4) is 0 Å². The van der Waals surface area contributed by atoms with Crippen molar-refractivity contribution in [1.82, 2.24) is 10.2 Å². The van der Waals surface area contributed by atoms with E-state index < -0.39 is 0 Å². The largest absolute Gasteiger partial charge is 1.00 e. The molecule has 0 bridgehead atoms. The molecule has 5 nitrogen and oxygen atoms in total. The maximum Gasteiger partial charge on any atom is 0.288 e. The Balaban J connectivity index is 0.00000392. The fourth-order valence-electron chi connectivity index (χ4n) is 2.78. The summed E-state index contributed by atoms with van der Waals surface area (Å²) >= 11 is 6.31. The third kappa shape index (κ3) is 6.31. The Bertz CT molecular complexity index is 837. The molecule has 0 aliphatic rings. The summed E-state index contributed by atoms with van der Waals surface area (Å²) in [4.78, 5) is 26.2. The molecular weight excluding hydrogens is 489 g/mol. The van der Waals surface area contributed by atoms with Crippen LogP contribution in [0.1, 0.15) is 25.0 Å². The molecule has 1 N–H and O–H groups in total. The molecule has 0 atom stereocenters. The number of rotatable bonds is 7. The summed E-state index contributed by atoms with van der Waals surface area (Å²) in [5, 5.41) is 3.08. The van der Waals surface area contributed by atoms with Gasteiger partial charge in [0.25, 0.3) is 11.1 Å². The van der Waals surface area contributed by atoms with E-state index >= 15 is 0 Å². The van der Waals surface area contributed by atoms with Gasteiger partial charge in [0, 0.05) is 43.4 Å². The third-order valence-corrected chi connectivity index (χ3v) is 4.65. The maximum atomic E-state index is 12.5. The molecule has 0 aliphatic carbocycles. The van der Waals surface area contributed by atoms with Crippen molar-refractivity contribution in [2.24, 2.45) is 0 Å². The van der Waals surface area contributed by atoms with Gasteiger partial charge in [-0.05, 0) is 37.1 Å². The van der Waals surface area contributed by atoms with Crippen molar-refractivity contribution in [2.75, 3.05) is 20.1 Å². The zero-order valence-electron chi connectivity index (χ0n) is 16.3. The highest BCUT2D eigenvalue weighted by Gasteiger charge is 2.20. The lowest BCUT2D eigenvalue weighted by Gasteiger charge is -2.16. The molecule has 0 spiro atoms. The molecule has 7 heteroatoms. The minimum absolute atomic E-state index is 0. The van der Waals surface area contributed by atoms with Crippen molar-refractivity contribution in [3.8, 4) is 0 Å². The second-order valence-electron chi connectivity index (χ2n) is 5.97. The Hall–Kier alpha value is -1.93. The Kier molecular flexibility index (Phi) is 10.2. The lowest BCUT2D eigenvalue weighted by molar-refractivity contribution is -0.683. The number of aromatic nitrogens is 1. The van der Waals surface area contributed by atoms with Gasteiger partial charge in [-0.3, -0.25) is 9.59 Å². The van der Waals surface area contributed by atoms with Gasteiger partial charge in [0.05, 0.1) is 0 Å². The van der Waals surface area contributed by atoms with E-state index in [-0.39, 0.29) is 42.3 Å². The lowest BCUT2D eigenvalue weighted by atomic mass is 9.98. The van der Waals surface area contributed by atoms with Crippen LogP contribution in [0.15, 0.2) is 54.7 Å². The SMILES string of the molecule is CCN(CC)C(=O)C[n+]1cc(/C(=C\C(=O)NC)c2ccccc2)ccc1Cl.[I-]. The Morgan fingerprint density at radius 2 is 1.71 bits per heavy atom. The van der Waals surface area contributed by atoms with Gasteiger partial charge in [-0.25, -0.2) is 0 Å². The number of pyridine rings is 1. The first-order valence-electron chi connectivity index (χ1n) is 8.96. The van der Waals surface area contributed by atoms with Gasteiger partial charge in [0.2, 0.25) is 12.5 Å². The molecule has 2 amide bonds. The van der Waals surface area contributed by atoms with Crippen LogP contribution < -0.4 is 33.9 Å². The molecule has 1 aromatic carbocycles. The second kappa shape index (κ2) is 11.8. The third-order valence-electron chi connectivity index (χ3n) is 4.31. The molecular formula is C21H25ClIN3O2. The number of nitrogens with one attached hydrogen (secondary N) is 1. The summed E-state index contributed by atoms with van der Waals surface area (Å²) in [5.41, 5.74) is 2.47. The van der Waals surface area contributed by atoms with Crippen LogP contribution >= 0.6 is 11.6 Å². The van der Waals surface area contributed by atoms with Gasteiger partial charge in [-0.1, -0.05) is 30.3 Å². The number of benzene rings is 1. The van der Waals surface area contributed by atoms with Crippen molar-refractivity contribution in [2.45, 2.75) is 20.4 Å². The van der Waals surface area contributed by atoms with Crippen molar-refractivity contribution in [1.29, 1.82) is 0 Å². The first-order chi connectivity index (χ1) is 13.0. The van der Waals surface area contributed by atoms with Crippen LogP contribution in [0.25, 0.3) is 5.57 Å². The van der Waals surface area contributed by atoms with Gasteiger partial charge < -0.3 is 34.2 Å². The van der Waals surface area contributed by atoms with Gasteiger partial charge in [0.15, 0.2) is 6.20 Å². The summed E-state index contributed by atoms with van der Waals surface area (Å²) < 4.78 is 1.71. The molecule has 0 saturated carbocycles. The summed E-state index contributed by atoms with van der Waals surface area (Å²) in [5.74, 6) is -0.199. The van der Waals surface area contributed by atoms with E-state index in [1.807, 2.05) is 56.4 Å². The molecule has 0 aliphatic heterocycles. The first kappa shape index (κ1) is 24.1. The fourth-order valence-corrected chi connectivity index (χ4v) is 2.96. The van der Waals surface area contributed by atoms with Gasteiger partial charge in [0.1, 0.15) is 0 Å². The van der Waals surface area contributed by atoms with E-state index in [1.54, 1.807) is 28.7 Å². The second-order valence-corrected chi connectivity index (χ2v) is 6.36. The maximum absolute atomic E-state index is 12.5. The zero-order chi connectivity index (χ0) is 19.8. The summed E-state index contributed by atoms with van der Waals surface area (Å²) in [7, 11) is 1.59. The van der Waals surface area contributed by atoms with Crippen LogP contribution in [-0.4, -0.2) is 36.9 Å². The van der Waals surface area contributed by atoms with Crippen molar-refractivity contribution >= 4 is 29.0 Å². The standard InChI is InChI=1S/C21H24ClN3O2.HI/c1-4-24(5-2)21(27)15-25-14-17(11-12-19(25)22)18(13-20(26)23-3)16-9-7-6-8-10-16;/h6-14H,4-5,15H2,1-3H3;1H/b18-13-;. The summed E-state index contributed by atoms with van der Waals surface area (Å²) in [6.07, 6.45) is 3.36. The quantitative estimate of drug-likeness (QED) is 0.239. The van der Waals surface area contributed by atoms with Crippen molar-refractivity contribution in [3.05, 3.63) is 71.0 Å². The fraction of sp³-hybridized carbons (Fsp3) is 0.286. The molecule has 0 saturated heterocycles. The number of halogens is 2. The molecule has 1 aromatic heterocycles. The predicted molar refractivity (Wildman–Crippen MR) is 107 cm³/mol. The van der Waals surface area contributed by atoms with E-state index in [9.17, 15) is 9.59 Å². The van der Waals surface area contributed by atoms with Crippen molar-refractivity contribution < 1.29 is 38.1 Å². The van der Waals surface area contributed by atoms with E-state index in [2.05, 4.69) is 5.32 Å². The number of likely N-dealkylation sites (N-methyl/N-ethyl adjacent to an activating group) is 2. The molecule has 0 fully saturated rings. The van der Waals surface area contributed by atoms with Crippen LogP contribution in [0.2, 0.25) is 5.15 Å². The van der Waals surface area contributed by atoms with E-state index in [1.165, 1.54) is 0 Å². The average molecular weight is 514 g/mol. The minimum Gasteiger partial charge on any atom is -1.00 e. The molecule has 2 aromatic rings. The average Bonchev–Trinajstić information content (AvgIpc) is 2.69. The van der Waals surface area contributed by atoms with Gasteiger partial charge in [-0.15, -0.1) is 0 Å². The van der Waals surface area contributed by atoms with Crippen molar-refractivity contribution in [3.63, 3.8) is 0 Å².